The van der Waals surface area contributed by atoms with E-state index in [1.165, 1.54) is 24.1 Å². The van der Waals surface area contributed by atoms with Gasteiger partial charge in [-0.15, -0.1) is 11.3 Å². The number of aromatic nitrogens is 4. The Morgan fingerprint density at radius 1 is 1.31 bits per heavy atom. The summed E-state index contributed by atoms with van der Waals surface area (Å²) in [6.45, 7) is 6.02. The van der Waals surface area contributed by atoms with Crippen molar-refractivity contribution in [2.75, 3.05) is 38.6 Å². The van der Waals surface area contributed by atoms with Gasteiger partial charge >= 0.3 is 0 Å². The van der Waals surface area contributed by atoms with Crippen LogP contribution in [0.5, 0.6) is 0 Å². The molecule has 1 atom stereocenters. The fraction of sp³-hybridized carbons (Fsp3) is 0.526. The first kappa shape index (κ1) is 17.4. The predicted octanol–water partition coefficient (Wildman–Crippen LogP) is 3.14. The van der Waals surface area contributed by atoms with Gasteiger partial charge in [0.1, 0.15) is 22.3 Å². The SMILES string of the molecule is Cc1nc(N2CCC[C@@H](c3nccn3CCN(C)C)C2)c2ccsc2n1. The molecule has 7 heteroatoms. The second-order valence-corrected chi connectivity index (χ2v) is 8.20. The minimum atomic E-state index is 0.449. The Labute approximate surface area is 158 Å². The van der Waals surface area contributed by atoms with Gasteiger partial charge in [-0.3, -0.25) is 0 Å². The van der Waals surface area contributed by atoms with Crippen LogP contribution in [0, 0.1) is 6.92 Å². The number of hydrogen-bond acceptors (Lipinski definition) is 6. The summed E-state index contributed by atoms with van der Waals surface area (Å²) in [6.07, 6.45) is 6.41. The quantitative estimate of drug-likeness (QED) is 0.691. The second kappa shape index (κ2) is 7.32. The molecule has 4 heterocycles. The number of likely N-dealkylation sites (N-methyl/N-ethyl adjacent to an activating group) is 1. The van der Waals surface area contributed by atoms with E-state index in [1.807, 2.05) is 13.1 Å². The number of aryl methyl sites for hydroxylation is 1. The molecule has 1 fully saturated rings. The molecule has 0 N–H and O–H groups in total. The molecule has 1 aliphatic rings. The van der Waals surface area contributed by atoms with Crippen molar-refractivity contribution in [1.29, 1.82) is 0 Å². The van der Waals surface area contributed by atoms with Crippen LogP contribution in [0.2, 0.25) is 0 Å². The number of piperidine rings is 1. The van der Waals surface area contributed by atoms with E-state index in [4.69, 9.17) is 9.97 Å². The molecule has 0 aliphatic carbocycles. The number of hydrogen-bond donors (Lipinski definition) is 0. The van der Waals surface area contributed by atoms with Gasteiger partial charge in [0.05, 0.1) is 5.39 Å². The summed E-state index contributed by atoms with van der Waals surface area (Å²) < 4.78 is 2.32. The zero-order chi connectivity index (χ0) is 18.1. The lowest BCUT2D eigenvalue weighted by Crippen LogP contribution is -2.36. The molecule has 0 aromatic carbocycles. The maximum Gasteiger partial charge on any atom is 0.141 e. The molecular formula is C19H26N6S. The monoisotopic (exact) mass is 370 g/mol. The summed E-state index contributed by atoms with van der Waals surface area (Å²) in [6, 6.07) is 2.15. The van der Waals surface area contributed by atoms with Crippen molar-refractivity contribution in [1.82, 2.24) is 24.4 Å². The number of anilines is 1. The number of imidazole rings is 1. The average Bonchev–Trinajstić information content (AvgIpc) is 3.28. The lowest BCUT2D eigenvalue weighted by atomic mass is 9.97. The lowest BCUT2D eigenvalue weighted by molar-refractivity contribution is 0.373. The molecule has 6 nitrogen and oxygen atoms in total. The molecule has 0 bridgehead atoms. The van der Waals surface area contributed by atoms with E-state index in [1.54, 1.807) is 11.3 Å². The Morgan fingerprint density at radius 3 is 3.04 bits per heavy atom. The summed E-state index contributed by atoms with van der Waals surface area (Å²) in [7, 11) is 4.23. The standard InChI is InChI=1S/C19H26N6S/c1-14-21-18(16-6-12-26-19(16)22-14)25-8-4-5-15(13-25)17-20-7-9-24(17)11-10-23(2)3/h6-7,9,12,15H,4-5,8,10-11,13H2,1-3H3/t15-/m1/s1. The van der Waals surface area contributed by atoms with E-state index in [-0.39, 0.29) is 0 Å². The predicted molar refractivity (Wildman–Crippen MR) is 107 cm³/mol. The third-order valence-corrected chi connectivity index (χ3v) is 5.85. The van der Waals surface area contributed by atoms with Crippen molar-refractivity contribution in [3.63, 3.8) is 0 Å². The summed E-state index contributed by atoms with van der Waals surface area (Å²) in [5.74, 6) is 3.60. The molecule has 4 rings (SSSR count). The van der Waals surface area contributed by atoms with Gasteiger partial charge in [-0.2, -0.15) is 0 Å². The van der Waals surface area contributed by atoms with Crippen LogP contribution in [0.4, 0.5) is 5.82 Å². The Balaban J connectivity index is 1.58. The first-order valence-electron chi connectivity index (χ1n) is 9.24. The smallest absolute Gasteiger partial charge is 0.141 e. The van der Waals surface area contributed by atoms with Crippen LogP contribution in [0.1, 0.15) is 30.4 Å². The van der Waals surface area contributed by atoms with Crippen LogP contribution < -0.4 is 4.90 Å². The zero-order valence-corrected chi connectivity index (χ0v) is 16.5. The van der Waals surface area contributed by atoms with Gasteiger partial charge in [-0.05, 0) is 45.3 Å². The Morgan fingerprint density at radius 2 is 2.19 bits per heavy atom. The number of fused-ring (bicyclic) bond motifs is 1. The zero-order valence-electron chi connectivity index (χ0n) is 15.7. The minimum Gasteiger partial charge on any atom is -0.355 e. The van der Waals surface area contributed by atoms with Crippen LogP contribution in [-0.4, -0.2) is 58.1 Å². The third-order valence-electron chi connectivity index (χ3n) is 5.04. The maximum absolute atomic E-state index is 4.78. The van der Waals surface area contributed by atoms with Crippen LogP contribution in [-0.2, 0) is 6.54 Å². The molecule has 0 spiro atoms. The summed E-state index contributed by atoms with van der Waals surface area (Å²) >= 11 is 1.69. The Bertz CT molecular complexity index is 883. The molecule has 0 unspecified atom stereocenters. The van der Waals surface area contributed by atoms with Crippen molar-refractivity contribution in [3.8, 4) is 0 Å². The van der Waals surface area contributed by atoms with Crippen molar-refractivity contribution >= 4 is 27.4 Å². The lowest BCUT2D eigenvalue weighted by Gasteiger charge is -2.34. The summed E-state index contributed by atoms with van der Waals surface area (Å²) in [5.41, 5.74) is 0. The summed E-state index contributed by atoms with van der Waals surface area (Å²) in [4.78, 5) is 19.8. The molecule has 0 radical (unpaired) electrons. The highest BCUT2D eigenvalue weighted by molar-refractivity contribution is 7.16. The third kappa shape index (κ3) is 3.46. The van der Waals surface area contributed by atoms with Gasteiger partial charge in [-0.25, -0.2) is 15.0 Å². The molecule has 1 aliphatic heterocycles. The van der Waals surface area contributed by atoms with E-state index < -0.39 is 0 Å². The van der Waals surface area contributed by atoms with Gasteiger partial charge < -0.3 is 14.4 Å². The Hall–Kier alpha value is -1.99. The van der Waals surface area contributed by atoms with Gasteiger partial charge in [0.25, 0.3) is 0 Å². The van der Waals surface area contributed by atoms with E-state index >= 15 is 0 Å². The number of thiophene rings is 1. The maximum atomic E-state index is 4.78. The van der Waals surface area contributed by atoms with E-state index in [0.29, 0.717) is 5.92 Å². The number of rotatable bonds is 5. The number of nitrogens with zero attached hydrogens (tertiary/aromatic N) is 6. The molecule has 1 saturated heterocycles. The van der Waals surface area contributed by atoms with Crippen LogP contribution in [0.3, 0.4) is 0 Å². The normalized spacial score (nSPS) is 18.2. The molecule has 3 aromatic heterocycles. The highest BCUT2D eigenvalue weighted by atomic mass is 32.1. The highest BCUT2D eigenvalue weighted by Crippen LogP contribution is 2.33. The Kier molecular flexibility index (Phi) is 4.91. The molecular weight excluding hydrogens is 344 g/mol. The first-order chi connectivity index (χ1) is 12.6. The van der Waals surface area contributed by atoms with Crippen molar-refractivity contribution < 1.29 is 0 Å². The molecule has 0 amide bonds. The highest BCUT2D eigenvalue weighted by Gasteiger charge is 2.27. The van der Waals surface area contributed by atoms with E-state index in [2.05, 4.69) is 51.1 Å². The van der Waals surface area contributed by atoms with Crippen LogP contribution >= 0.6 is 11.3 Å². The van der Waals surface area contributed by atoms with Gasteiger partial charge in [0.2, 0.25) is 0 Å². The van der Waals surface area contributed by atoms with Crippen LogP contribution in [0.25, 0.3) is 10.2 Å². The molecule has 138 valence electrons. The fourth-order valence-electron chi connectivity index (χ4n) is 3.74. The second-order valence-electron chi connectivity index (χ2n) is 7.30. The largest absolute Gasteiger partial charge is 0.355 e. The molecule has 26 heavy (non-hydrogen) atoms. The topological polar surface area (TPSA) is 50.1 Å². The van der Waals surface area contributed by atoms with E-state index in [0.717, 1.165) is 42.7 Å². The summed E-state index contributed by atoms with van der Waals surface area (Å²) in [5, 5.41) is 3.29. The van der Waals surface area contributed by atoms with Gasteiger partial charge in [0, 0.05) is 44.5 Å². The van der Waals surface area contributed by atoms with Crippen LogP contribution in [0.15, 0.2) is 23.8 Å². The first-order valence-corrected chi connectivity index (χ1v) is 10.1. The van der Waals surface area contributed by atoms with Crippen molar-refractivity contribution in [2.45, 2.75) is 32.2 Å². The molecule has 0 saturated carbocycles. The van der Waals surface area contributed by atoms with Gasteiger partial charge in [-0.1, -0.05) is 0 Å². The molecule has 3 aromatic rings. The minimum absolute atomic E-state index is 0.449. The van der Waals surface area contributed by atoms with Crippen molar-refractivity contribution in [3.05, 3.63) is 35.5 Å². The average molecular weight is 371 g/mol. The fourth-order valence-corrected chi connectivity index (χ4v) is 4.55. The van der Waals surface area contributed by atoms with Crippen molar-refractivity contribution in [2.24, 2.45) is 0 Å². The van der Waals surface area contributed by atoms with Gasteiger partial charge in [0.15, 0.2) is 0 Å². The van der Waals surface area contributed by atoms with E-state index in [9.17, 15) is 0 Å².